The van der Waals surface area contributed by atoms with Crippen LogP contribution in [-0.2, 0) is 6.42 Å². The maximum Gasteiger partial charge on any atom is 0.178 e. The van der Waals surface area contributed by atoms with Crippen LogP contribution in [0.4, 0.5) is 0 Å². The molecule has 2 aromatic rings. The molecule has 1 N–H and O–H groups in total. The number of rotatable bonds is 5. The summed E-state index contributed by atoms with van der Waals surface area (Å²) in [7, 11) is 1.97. The summed E-state index contributed by atoms with van der Waals surface area (Å²) in [6.07, 6.45) is 5.32. The minimum absolute atomic E-state index is 0.676. The molecule has 0 amide bonds. The highest BCUT2D eigenvalue weighted by Crippen LogP contribution is 2.17. The van der Waals surface area contributed by atoms with Gasteiger partial charge in [-0.15, -0.1) is 0 Å². The van der Waals surface area contributed by atoms with E-state index in [0.717, 1.165) is 36.5 Å². The minimum Gasteiger partial charge on any atom is -0.320 e. The summed E-state index contributed by atoms with van der Waals surface area (Å²) in [4.78, 5) is 17.2. The third kappa shape index (κ3) is 3.32. The lowest BCUT2D eigenvalue weighted by molar-refractivity contribution is 0.715. The number of aryl methyl sites for hydroxylation is 2. The molecule has 100 valence electrons. The Kier molecular flexibility index (Phi) is 4.52. The summed E-state index contributed by atoms with van der Waals surface area (Å²) in [6.45, 7) is 5.08. The molecule has 5 heteroatoms. The van der Waals surface area contributed by atoms with E-state index >= 15 is 0 Å². The highest BCUT2D eigenvalue weighted by molar-refractivity contribution is 5.49. The van der Waals surface area contributed by atoms with Crippen molar-refractivity contribution in [3.05, 3.63) is 35.5 Å². The molecule has 0 saturated heterocycles. The van der Waals surface area contributed by atoms with Gasteiger partial charge in [0.25, 0.3) is 0 Å². The molecule has 5 nitrogen and oxygen atoms in total. The highest BCUT2D eigenvalue weighted by Gasteiger charge is 2.10. The van der Waals surface area contributed by atoms with Gasteiger partial charge in [-0.2, -0.15) is 0 Å². The van der Waals surface area contributed by atoms with E-state index in [2.05, 4.69) is 25.3 Å². The first-order valence-electron chi connectivity index (χ1n) is 6.47. The zero-order valence-electron chi connectivity index (χ0n) is 11.6. The monoisotopic (exact) mass is 257 g/mol. The Balaban J connectivity index is 2.26. The van der Waals surface area contributed by atoms with Gasteiger partial charge in [-0.05, 0) is 51.9 Å². The fourth-order valence-corrected chi connectivity index (χ4v) is 2.08. The first-order valence-corrected chi connectivity index (χ1v) is 6.47. The van der Waals surface area contributed by atoms with Crippen LogP contribution < -0.4 is 5.32 Å². The fourth-order valence-electron chi connectivity index (χ4n) is 2.08. The number of nitrogens with one attached hydrogen (secondary N) is 1. The number of hydrogen-bond acceptors (Lipinski definition) is 5. The molecule has 0 unspecified atom stereocenters. The third-order valence-electron chi connectivity index (χ3n) is 3.09. The van der Waals surface area contributed by atoms with Crippen LogP contribution in [0.2, 0.25) is 0 Å². The van der Waals surface area contributed by atoms with E-state index in [9.17, 15) is 0 Å². The maximum atomic E-state index is 4.56. The van der Waals surface area contributed by atoms with Gasteiger partial charge in [-0.25, -0.2) is 19.9 Å². The average molecular weight is 257 g/mol. The van der Waals surface area contributed by atoms with E-state index in [1.807, 2.05) is 27.0 Å². The molecule has 0 aromatic carbocycles. The van der Waals surface area contributed by atoms with Crippen molar-refractivity contribution >= 4 is 0 Å². The summed E-state index contributed by atoms with van der Waals surface area (Å²) < 4.78 is 0. The molecule has 0 aliphatic heterocycles. The predicted octanol–water partition coefficient (Wildman–Crippen LogP) is 1.70. The van der Waals surface area contributed by atoms with Crippen molar-refractivity contribution in [3.8, 4) is 11.5 Å². The molecule has 0 aliphatic rings. The van der Waals surface area contributed by atoms with Gasteiger partial charge >= 0.3 is 0 Å². The van der Waals surface area contributed by atoms with E-state index in [-0.39, 0.29) is 0 Å². The van der Waals surface area contributed by atoms with Crippen LogP contribution in [0, 0.1) is 13.8 Å². The van der Waals surface area contributed by atoms with Crippen molar-refractivity contribution in [1.82, 2.24) is 25.3 Å². The highest BCUT2D eigenvalue weighted by atomic mass is 14.9. The molecule has 0 saturated carbocycles. The third-order valence-corrected chi connectivity index (χ3v) is 3.09. The van der Waals surface area contributed by atoms with Crippen molar-refractivity contribution in [2.45, 2.75) is 26.7 Å². The summed E-state index contributed by atoms with van der Waals surface area (Å²) in [5.74, 6) is 0.676. The molecule has 2 heterocycles. The quantitative estimate of drug-likeness (QED) is 0.826. The van der Waals surface area contributed by atoms with Gasteiger partial charge in [-0.1, -0.05) is 0 Å². The topological polar surface area (TPSA) is 63.6 Å². The average Bonchev–Trinajstić information content (AvgIpc) is 2.43. The summed E-state index contributed by atoms with van der Waals surface area (Å²) in [5, 5.41) is 3.16. The van der Waals surface area contributed by atoms with Gasteiger partial charge in [0.15, 0.2) is 5.82 Å². The van der Waals surface area contributed by atoms with Gasteiger partial charge in [0.05, 0.1) is 0 Å². The van der Waals surface area contributed by atoms with Gasteiger partial charge in [0, 0.05) is 17.6 Å². The first-order chi connectivity index (χ1) is 9.22. The molecule has 2 rings (SSSR count). The van der Waals surface area contributed by atoms with Crippen molar-refractivity contribution in [2.75, 3.05) is 13.6 Å². The summed E-state index contributed by atoms with van der Waals surface area (Å²) >= 11 is 0. The summed E-state index contributed by atoms with van der Waals surface area (Å²) in [5.41, 5.74) is 4.09. The van der Waals surface area contributed by atoms with Gasteiger partial charge in [-0.3, -0.25) is 0 Å². The Hall–Kier alpha value is -1.88. The van der Waals surface area contributed by atoms with Crippen molar-refractivity contribution in [3.63, 3.8) is 0 Å². The molecule has 19 heavy (non-hydrogen) atoms. The molecule has 0 spiro atoms. The van der Waals surface area contributed by atoms with Gasteiger partial charge in [0.2, 0.25) is 0 Å². The first kappa shape index (κ1) is 13.5. The summed E-state index contributed by atoms with van der Waals surface area (Å²) in [6, 6.07) is 1.83. The molecule has 0 fully saturated rings. The largest absolute Gasteiger partial charge is 0.320 e. The number of hydrogen-bond donors (Lipinski definition) is 1. The molecule has 0 bridgehead atoms. The van der Waals surface area contributed by atoms with Crippen molar-refractivity contribution in [1.29, 1.82) is 0 Å². The Morgan fingerprint density at radius 1 is 1.16 bits per heavy atom. The number of nitrogens with zero attached hydrogens (tertiary/aromatic N) is 4. The van der Waals surface area contributed by atoms with Crippen molar-refractivity contribution < 1.29 is 0 Å². The van der Waals surface area contributed by atoms with E-state index in [1.165, 1.54) is 11.9 Å². The Bertz CT molecular complexity index is 516. The van der Waals surface area contributed by atoms with Crippen LogP contribution in [0.25, 0.3) is 11.5 Å². The van der Waals surface area contributed by atoms with E-state index in [1.54, 1.807) is 6.20 Å². The molecule has 2 aromatic heterocycles. The zero-order valence-corrected chi connectivity index (χ0v) is 11.6. The molecular weight excluding hydrogens is 238 g/mol. The van der Waals surface area contributed by atoms with E-state index < -0.39 is 0 Å². The van der Waals surface area contributed by atoms with Crippen LogP contribution in [0.3, 0.4) is 0 Å². The second-order valence-electron chi connectivity index (χ2n) is 4.50. The molecule has 0 aliphatic carbocycles. The van der Waals surface area contributed by atoms with Crippen LogP contribution in [0.5, 0.6) is 0 Å². The number of aromatic nitrogens is 4. The SMILES string of the molecule is CNCCCc1c(C)nc(-c2ccncn2)nc1C. The standard InChI is InChI=1S/C14H19N5/c1-10-12(5-4-7-15-3)11(2)19-14(18-10)13-6-8-16-9-17-13/h6,8-9,15H,4-5,7H2,1-3H3. The second kappa shape index (κ2) is 6.33. The Labute approximate surface area is 113 Å². The molecule has 0 atom stereocenters. The maximum absolute atomic E-state index is 4.56. The van der Waals surface area contributed by atoms with E-state index in [0.29, 0.717) is 5.82 Å². The predicted molar refractivity (Wildman–Crippen MR) is 74.8 cm³/mol. The van der Waals surface area contributed by atoms with Gasteiger partial charge < -0.3 is 5.32 Å². The fraction of sp³-hybridized carbons (Fsp3) is 0.429. The van der Waals surface area contributed by atoms with Crippen LogP contribution in [-0.4, -0.2) is 33.5 Å². The Morgan fingerprint density at radius 2 is 1.89 bits per heavy atom. The minimum atomic E-state index is 0.676. The lowest BCUT2D eigenvalue weighted by atomic mass is 10.1. The van der Waals surface area contributed by atoms with E-state index in [4.69, 9.17) is 0 Å². The van der Waals surface area contributed by atoms with Gasteiger partial charge in [0.1, 0.15) is 12.0 Å². The Morgan fingerprint density at radius 3 is 2.47 bits per heavy atom. The lowest BCUT2D eigenvalue weighted by Gasteiger charge is -2.10. The normalized spacial score (nSPS) is 10.7. The molecular formula is C14H19N5. The zero-order chi connectivity index (χ0) is 13.7. The van der Waals surface area contributed by atoms with Crippen LogP contribution in [0.15, 0.2) is 18.6 Å². The second-order valence-corrected chi connectivity index (χ2v) is 4.50. The lowest BCUT2D eigenvalue weighted by Crippen LogP contribution is -2.10. The smallest absolute Gasteiger partial charge is 0.178 e. The van der Waals surface area contributed by atoms with Crippen LogP contribution >= 0.6 is 0 Å². The van der Waals surface area contributed by atoms with Crippen molar-refractivity contribution in [2.24, 2.45) is 0 Å². The molecule has 0 radical (unpaired) electrons. The van der Waals surface area contributed by atoms with Crippen LogP contribution in [0.1, 0.15) is 23.4 Å².